The van der Waals surface area contributed by atoms with Gasteiger partial charge in [0.05, 0.1) is 0 Å². The third kappa shape index (κ3) is 3.34. The summed E-state index contributed by atoms with van der Waals surface area (Å²) in [7, 11) is 0. The van der Waals surface area contributed by atoms with Crippen molar-refractivity contribution in [2.24, 2.45) is 0 Å². The molecule has 0 radical (unpaired) electrons. The van der Waals surface area contributed by atoms with Crippen LogP contribution in [0.4, 0.5) is 14.5 Å². The Bertz CT molecular complexity index is 553. The van der Waals surface area contributed by atoms with Gasteiger partial charge in [0.1, 0.15) is 0 Å². The number of nitrogens with one attached hydrogen (secondary N) is 1. The molecule has 0 saturated heterocycles. The van der Waals surface area contributed by atoms with E-state index in [-0.39, 0.29) is 0 Å². The Hall–Kier alpha value is -1.32. The van der Waals surface area contributed by atoms with E-state index in [2.05, 4.69) is 5.32 Å². The molecule has 0 aliphatic carbocycles. The molecule has 0 fully saturated rings. The molecule has 0 saturated carbocycles. The molecule has 0 aromatic heterocycles. The fraction of sp³-hybridized carbons (Fsp3) is 0.0769. The Morgan fingerprint density at radius 3 is 2.17 bits per heavy atom. The molecule has 0 unspecified atom stereocenters. The van der Waals surface area contributed by atoms with Gasteiger partial charge in [-0.25, -0.2) is 8.78 Å². The average molecular weight is 288 g/mol. The van der Waals surface area contributed by atoms with Crippen molar-refractivity contribution < 1.29 is 8.78 Å². The van der Waals surface area contributed by atoms with Crippen molar-refractivity contribution in [3.8, 4) is 0 Å². The van der Waals surface area contributed by atoms with E-state index in [1.54, 1.807) is 18.2 Å². The molecule has 0 amide bonds. The van der Waals surface area contributed by atoms with Gasteiger partial charge in [0.25, 0.3) is 0 Å². The molecule has 2 aromatic carbocycles. The highest BCUT2D eigenvalue weighted by Gasteiger charge is 2.03. The molecule has 0 heterocycles. The van der Waals surface area contributed by atoms with Gasteiger partial charge >= 0.3 is 0 Å². The van der Waals surface area contributed by atoms with Gasteiger partial charge < -0.3 is 5.32 Å². The van der Waals surface area contributed by atoms with Gasteiger partial charge in [0, 0.05) is 22.3 Å². The van der Waals surface area contributed by atoms with Crippen molar-refractivity contribution in [1.29, 1.82) is 0 Å². The van der Waals surface area contributed by atoms with E-state index < -0.39 is 11.6 Å². The number of benzene rings is 2. The summed E-state index contributed by atoms with van der Waals surface area (Å²) in [4.78, 5) is 0. The van der Waals surface area contributed by atoms with Gasteiger partial charge in [-0.15, -0.1) is 0 Å². The minimum Gasteiger partial charge on any atom is -0.381 e. The molecule has 2 rings (SSSR count). The van der Waals surface area contributed by atoms with Crippen molar-refractivity contribution in [3.05, 3.63) is 63.6 Å². The van der Waals surface area contributed by atoms with Gasteiger partial charge in [-0.05, 0) is 35.9 Å². The zero-order chi connectivity index (χ0) is 13.1. The Labute approximate surface area is 113 Å². The summed E-state index contributed by atoms with van der Waals surface area (Å²) in [5, 5.41) is 4.05. The lowest BCUT2D eigenvalue weighted by molar-refractivity contribution is 0.507. The molecule has 0 bridgehead atoms. The van der Waals surface area contributed by atoms with Crippen LogP contribution < -0.4 is 5.32 Å². The van der Waals surface area contributed by atoms with Crippen LogP contribution in [-0.4, -0.2) is 0 Å². The van der Waals surface area contributed by atoms with Gasteiger partial charge in [-0.1, -0.05) is 29.3 Å². The van der Waals surface area contributed by atoms with Crippen LogP contribution >= 0.6 is 23.2 Å². The Morgan fingerprint density at radius 1 is 0.889 bits per heavy atom. The number of hydrogen-bond donors (Lipinski definition) is 1. The van der Waals surface area contributed by atoms with Gasteiger partial charge in [-0.3, -0.25) is 0 Å². The maximum absolute atomic E-state index is 13.0. The van der Waals surface area contributed by atoms with Crippen LogP contribution in [0.25, 0.3) is 0 Å². The lowest BCUT2D eigenvalue weighted by atomic mass is 10.2. The molecule has 0 aliphatic rings. The Kier molecular flexibility index (Phi) is 4.04. The summed E-state index contributed by atoms with van der Waals surface area (Å²) in [5.41, 5.74) is 1.35. The summed E-state index contributed by atoms with van der Waals surface area (Å²) in [6, 6.07) is 8.77. The van der Waals surface area contributed by atoms with Crippen LogP contribution in [0.1, 0.15) is 5.56 Å². The highest BCUT2D eigenvalue weighted by molar-refractivity contribution is 6.35. The van der Waals surface area contributed by atoms with Gasteiger partial charge in [0.2, 0.25) is 0 Å². The quantitative estimate of drug-likeness (QED) is 0.848. The SMILES string of the molecule is Fc1ccc(CNc2cc(Cl)cc(Cl)c2)cc1F. The van der Waals surface area contributed by atoms with E-state index in [0.717, 1.165) is 17.8 Å². The summed E-state index contributed by atoms with van der Waals surface area (Å²) in [6.45, 7) is 0.355. The molecular formula is C13H9Cl2F2N. The maximum atomic E-state index is 13.0. The summed E-state index contributed by atoms with van der Waals surface area (Å²) in [6.07, 6.45) is 0. The second kappa shape index (κ2) is 5.55. The average Bonchev–Trinajstić information content (AvgIpc) is 2.29. The number of halogens is 4. The second-order valence-electron chi connectivity index (χ2n) is 3.76. The predicted octanol–water partition coefficient (Wildman–Crippen LogP) is 4.88. The standard InChI is InChI=1S/C13H9Cl2F2N/c14-9-4-10(15)6-11(5-9)18-7-8-1-2-12(16)13(17)3-8/h1-6,18H,7H2. The van der Waals surface area contributed by atoms with Crippen molar-refractivity contribution in [3.63, 3.8) is 0 Å². The smallest absolute Gasteiger partial charge is 0.159 e. The van der Waals surface area contributed by atoms with Crippen molar-refractivity contribution >= 4 is 28.9 Å². The largest absolute Gasteiger partial charge is 0.381 e. The number of rotatable bonds is 3. The van der Waals surface area contributed by atoms with E-state index >= 15 is 0 Å². The van der Waals surface area contributed by atoms with E-state index in [0.29, 0.717) is 22.2 Å². The van der Waals surface area contributed by atoms with Crippen molar-refractivity contribution in [1.82, 2.24) is 0 Å². The highest BCUT2D eigenvalue weighted by Crippen LogP contribution is 2.23. The topological polar surface area (TPSA) is 12.0 Å². The normalized spacial score (nSPS) is 10.4. The molecule has 0 atom stereocenters. The number of anilines is 1. The molecule has 1 nitrogen and oxygen atoms in total. The van der Waals surface area contributed by atoms with Gasteiger partial charge in [0.15, 0.2) is 11.6 Å². The monoisotopic (exact) mass is 287 g/mol. The van der Waals surface area contributed by atoms with E-state index in [9.17, 15) is 8.78 Å². The third-order valence-electron chi connectivity index (χ3n) is 2.34. The molecule has 0 spiro atoms. The minimum atomic E-state index is -0.863. The Morgan fingerprint density at radius 2 is 1.56 bits per heavy atom. The lowest BCUT2D eigenvalue weighted by Crippen LogP contribution is -2.00. The van der Waals surface area contributed by atoms with E-state index in [1.807, 2.05) is 0 Å². The second-order valence-corrected chi connectivity index (χ2v) is 4.63. The minimum absolute atomic E-state index is 0.355. The molecule has 0 aliphatic heterocycles. The summed E-state index contributed by atoms with van der Waals surface area (Å²) >= 11 is 11.7. The van der Waals surface area contributed by atoms with Crippen LogP contribution in [0, 0.1) is 11.6 Å². The first kappa shape index (κ1) is 13.1. The highest BCUT2D eigenvalue weighted by atomic mass is 35.5. The first-order valence-electron chi connectivity index (χ1n) is 5.18. The summed E-state index contributed by atoms with van der Waals surface area (Å²) < 4.78 is 25.7. The van der Waals surface area contributed by atoms with Crippen LogP contribution in [0.3, 0.4) is 0 Å². The zero-order valence-corrected chi connectivity index (χ0v) is 10.7. The molecule has 1 N–H and O–H groups in total. The van der Waals surface area contributed by atoms with Crippen LogP contribution in [0.5, 0.6) is 0 Å². The van der Waals surface area contributed by atoms with E-state index in [1.165, 1.54) is 6.07 Å². The maximum Gasteiger partial charge on any atom is 0.159 e. The fourth-order valence-corrected chi connectivity index (χ4v) is 2.04. The lowest BCUT2D eigenvalue weighted by Gasteiger charge is -2.08. The predicted molar refractivity (Wildman–Crippen MR) is 70.1 cm³/mol. The van der Waals surface area contributed by atoms with E-state index in [4.69, 9.17) is 23.2 Å². The zero-order valence-electron chi connectivity index (χ0n) is 9.18. The Balaban J connectivity index is 2.08. The first-order chi connectivity index (χ1) is 8.54. The molecule has 2 aromatic rings. The summed E-state index contributed by atoms with van der Waals surface area (Å²) in [5.74, 6) is -1.72. The van der Waals surface area contributed by atoms with Crippen molar-refractivity contribution in [2.75, 3.05) is 5.32 Å². The van der Waals surface area contributed by atoms with Gasteiger partial charge in [-0.2, -0.15) is 0 Å². The third-order valence-corrected chi connectivity index (χ3v) is 2.78. The fourth-order valence-electron chi connectivity index (χ4n) is 1.51. The van der Waals surface area contributed by atoms with Crippen LogP contribution in [0.2, 0.25) is 10.0 Å². The molecule has 5 heteroatoms. The first-order valence-corrected chi connectivity index (χ1v) is 5.94. The molecule has 94 valence electrons. The molecular weight excluding hydrogens is 279 g/mol. The molecule has 18 heavy (non-hydrogen) atoms. The number of hydrogen-bond acceptors (Lipinski definition) is 1. The van der Waals surface area contributed by atoms with Crippen molar-refractivity contribution in [2.45, 2.75) is 6.54 Å². The van der Waals surface area contributed by atoms with Crippen LogP contribution in [0.15, 0.2) is 36.4 Å². The van der Waals surface area contributed by atoms with Crippen LogP contribution in [-0.2, 0) is 6.54 Å².